The van der Waals surface area contributed by atoms with Gasteiger partial charge in [-0.15, -0.1) is 0 Å². The lowest BCUT2D eigenvalue weighted by atomic mass is 10.1. The van der Waals surface area contributed by atoms with Gasteiger partial charge in [0.25, 0.3) is 0 Å². The van der Waals surface area contributed by atoms with E-state index in [0.29, 0.717) is 5.82 Å². The topological polar surface area (TPSA) is 56.2 Å². The molecule has 160 valence electrons. The van der Waals surface area contributed by atoms with E-state index >= 15 is 0 Å². The molecule has 0 saturated heterocycles. The van der Waals surface area contributed by atoms with E-state index < -0.39 is 0 Å². The maximum Gasteiger partial charge on any atom is 0.229 e. The first-order chi connectivity index (χ1) is 15.7. The first-order valence-corrected chi connectivity index (χ1v) is 11.4. The number of nitrogens with zero attached hydrogens (tertiary/aromatic N) is 2. The molecule has 0 saturated carbocycles. The van der Waals surface area contributed by atoms with Gasteiger partial charge in [-0.2, -0.15) is 16.9 Å². The Labute approximate surface area is 189 Å². The number of hydrogen-bond donors (Lipinski definition) is 1. The number of ether oxygens (including phenoxy) is 1. The van der Waals surface area contributed by atoms with Crippen LogP contribution < -0.4 is 10.1 Å². The van der Waals surface area contributed by atoms with Gasteiger partial charge < -0.3 is 10.1 Å². The van der Waals surface area contributed by atoms with Crippen molar-refractivity contribution in [3.8, 4) is 17.2 Å². The van der Waals surface area contributed by atoms with E-state index in [4.69, 9.17) is 9.84 Å². The predicted molar refractivity (Wildman–Crippen MR) is 124 cm³/mol. The number of carbonyl (C=O) groups is 1. The lowest BCUT2D eigenvalue weighted by Crippen LogP contribution is -2.18. The van der Waals surface area contributed by atoms with Crippen LogP contribution in [-0.4, -0.2) is 15.7 Å². The molecule has 4 aromatic rings. The van der Waals surface area contributed by atoms with Gasteiger partial charge in [0.05, 0.1) is 17.8 Å². The van der Waals surface area contributed by atoms with Crippen molar-refractivity contribution in [1.29, 1.82) is 0 Å². The van der Waals surface area contributed by atoms with E-state index in [2.05, 4.69) is 5.32 Å². The van der Waals surface area contributed by atoms with Gasteiger partial charge >= 0.3 is 0 Å². The minimum absolute atomic E-state index is 0.164. The molecule has 0 unspecified atom stereocenters. The molecule has 2 heterocycles. The summed E-state index contributed by atoms with van der Waals surface area (Å²) in [4.78, 5) is 12.7. The summed E-state index contributed by atoms with van der Waals surface area (Å²) in [5, 5.41) is 7.77. The summed E-state index contributed by atoms with van der Waals surface area (Å²) >= 11 is 1.78. The third-order valence-electron chi connectivity index (χ3n) is 5.15. The average Bonchev–Trinajstić information content (AvgIpc) is 3.39. The van der Waals surface area contributed by atoms with Crippen molar-refractivity contribution in [3.05, 3.63) is 102 Å². The molecule has 1 amide bonds. The Morgan fingerprint density at radius 2 is 1.69 bits per heavy atom. The van der Waals surface area contributed by atoms with Gasteiger partial charge in [-0.3, -0.25) is 4.79 Å². The van der Waals surface area contributed by atoms with E-state index in [1.165, 1.54) is 12.1 Å². The third kappa shape index (κ3) is 4.38. The van der Waals surface area contributed by atoms with Crippen molar-refractivity contribution < 1.29 is 13.9 Å². The van der Waals surface area contributed by atoms with Gasteiger partial charge in [0.1, 0.15) is 23.1 Å². The summed E-state index contributed by atoms with van der Waals surface area (Å²) < 4.78 is 20.8. The maximum absolute atomic E-state index is 13.1. The number of thioether (sulfide) groups is 1. The molecule has 0 fully saturated rings. The number of amides is 1. The second-order valence-corrected chi connectivity index (χ2v) is 8.42. The largest absolute Gasteiger partial charge is 0.457 e. The highest BCUT2D eigenvalue weighted by atomic mass is 32.2. The normalized spacial score (nSPS) is 12.4. The van der Waals surface area contributed by atoms with Crippen molar-refractivity contribution in [3.63, 3.8) is 0 Å². The number of fused-ring (bicyclic) bond motifs is 1. The van der Waals surface area contributed by atoms with Crippen LogP contribution in [0.3, 0.4) is 0 Å². The molecule has 1 aromatic heterocycles. The smallest absolute Gasteiger partial charge is 0.229 e. The number of para-hydroxylation sites is 1. The molecule has 1 aliphatic heterocycles. The number of rotatable bonds is 6. The molecular weight excluding hydrogens is 425 g/mol. The number of hydrogen-bond acceptors (Lipinski definition) is 4. The number of benzene rings is 3. The van der Waals surface area contributed by atoms with Gasteiger partial charge in [-0.25, -0.2) is 9.07 Å². The third-order valence-corrected chi connectivity index (χ3v) is 6.12. The minimum Gasteiger partial charge on any atom is -0.457 e. The molecular formula is C25H20FN3O2S. The Kier molecular flexibility index (Phi) is 5.64. The predicted octanol–water partition coefficient (Wildman–Crippen LogP) is 5.73. The van der Waals surface area contributed by atoms with Crippen molar-refractivity contribution in [2.75, 3.05) is 5.32 Å². The second kappa shape index (κ2) is 8.88. The van der Waals surface area contributed by atoms with Crippen LogP contribution in [0.15, 0.2) is 78.9 Å². The summed E-state index contributed by atoms with van der Waals surface area (Å²) in [5.74, 6) is 3.31. The lowest BCUT2D eigenvalue weighted by Gasteiger charge is -2.12. The van der Waals surface area contributed by atoms with Crippen molar-refractivity contribution >= 4 is 23.5 Å². The van der Waals surface area contributed by atoms with Gasteiger partial charge in [-0.05, 0) is 54.1 Å². The number of nitrogens with one attached hydrogen (secondary N) is 1. The summed E-state index contributed by atoms with van der Waals surface area (Å²) in [6.45, 7) is 0. The van der Waals surface area contributed by atoms with Gasteiger partial charge in [0.2, 0.25) is 5.91 Å². The van der Waals surface area contributed by atoms with Crippen LogP contribution in [-0.2, 0) is 22.7 Å². The monoisotopic (exact) mass is 445 g/mol. The van der Waals surface area contributed by atoms with Crippen LogP contribution >= 0.6 is 11.8 Å². The lowest BCUT2D eigenvalue weighted by molar-refractivity contribution is -0.115. The number of carbonyl (C=O) groups excluding carboxylic acids is 1. The van der Waals surface area contributed by atoms with Gasteiger partial charge in [0, 0.05) is 17.1 Å². The number of halogens is 1. The molecule has 3 aromatic carbocycles. The van der Waals surface area contributed by atoms with Gasteiger partial charge in [0.15, 0.2) is 0 Å². The van der Waals surface area contributed by atoms with Crippen LogP contribution in [0.4, 0.5) is 10.2 Å². The van der Waals surface area contributed by atoms with Crippen LogP contribution in [0.1, 0.15) is 16.8 Å². The average molecular weight is 446 g/mol. The summed E-state index contributed by atoms with van der Waals surface area (Å²) in [7, 11) is 0. The quantitative estimate of drug-likeness (QED) is 0.412. The molecule has 0 radical (unpaired) electrons. The zero-order valence-electron chi connectivity index (χ0n) is 17.1. The SMILES string of the molecule is O=C(Cc1ccc(F)cc1)Nc1c2c(nn1-c1ccc(Oc3ccccc3)cc1)CSC2. The molecule has 0 aliphatic carbocycles. The Morgan fingerprint density at radius 3 is 2.44 bits per heavy atom. The highest BCUT2D eigenvalue weighted by Crippen LogP contribution is 2.36. The fourth-order valence-corrected chi connectivity index (χ4v) is 4.61. The molecule has 5 nitrogen and oxygen atoms in total. The molecule has 0 bridgehead atoms. The van der Waals surface area contributed by atoms with E-state index in [1.807, 2.05) is 54.6 Å². The first-order valence-electron chi connectivity index (χ1n) is 10.2. The standard InChI is InChI=1S/C25H20FN3O2S/c26-18-8-6-17(7-9-18)14-24(30)27-25-22-15-32-16-23(22)28-29(25)19-10-12-21(13-11-19)31-20-4-2-1-3-5-20/h1-13H,14-16H2,(H,27,30). The Bertz CT molecular complexity index is 1240. The molecule has 0 spiro atoms. The maximum atomic E-state index is 13.1. The first kappa shape index (κ1) is 20.3. The molecule has 32 heavy (non-hydrogen) atoms. The van der Waals surface area contributed by atoms with E-state index in [1.54, 1.807) is 28.6 Å². The number of aromatic nitrogens is 2. The second-order valence-electron chi connectivity index (χ2n) is 7.44. The van der Waals surface area contributed by atoms with Crippen molar-refractivity contribution in [2.45, 2.75) is 17.9 Å². The van der Waals surface area contributed by atoms with Crippen molar-refractivity contribution in [2.24, 2.45) is 0 Å². The van der Waals surface area contributed by atoms with Crippen LogP contribution in [0.5, 0.6) is 11.5 Å². The van der Waals surface area contributed by atoms with Crippen molar-refractivity contribution in [1.82, 2.24) is 9.78 Å². The minimum atomic E-state index is -0.318. The van der Waals surface area contributed by atoms with E-state index in [-0.39, 0.29) is 18.1 Å². The summed E-state index contributed by atoms with van der Waals surface area (Å²) in [5.41, 5.74) is 3.62. The molecule has 5 rings (SSSR count). The zero-order chi connectivity index (χ0) is 21.9. The summed E-state index contributed by atoms with van der Waals surface area (Å²) in [6, 6.07) is 23.2. The number of anilines is 1. The summed E-state index contributed by atoms with van der Waals surface area (Å²) in [6.07, 6.45) is 0.164. The molecule has 0 atom stereocenters. The van der Waals surface area contributed by atoms with Gasteiger partial charge in [-0.1, -0.05) is 30.3 Å². The van der Waals surface area contributed by atoms with Crippen LogP contribution in [0, 0.1) is 5.82 Å². The Hall–Kier alpha value is -3.58. The molecule has 7 heteroatoms. The van der Waals surface area contributed by atoms with Crippen LogP contribution in [0.2, 0.25) is 0 Å². The van der Waals surface area contributed by atoms with Crippen LogP contribution in [0.25, 0.3) is 5.69 Å². The fourth-order valence-electron chi connectivity index (χ4n) is 3.57. The van der Waals surface area contributed by atoms with E-state index in [9.17, 15) is 9.18 Å². The highest BCUT2D eigenvalue weighted by molar-refractivity contribution is 7.98. The highest BCUT2D eigenvalue weighted by Gasteiger charge is 2.24. The fraction of sp³-hybridized carbons (Fsp3) is 0.120. The molecule has 1 aliphatic rings. The molecule has 1 N–H and O–H groups in total. The Balaban J connectivity index is 1.37. The zero-order valence-corrected chi connectivity index (χ0v) is 17.9. The Morgan fingerprint density at radius 1 is 0.969 bits per heavy atom. The van der Waals surface area contributed by atoms with E-state index in [0.717, 1.165) is 45.5 Å².